The lowest BCUT2D eigenvalue weighted by atomic mass is 10.0. The quantitative estimate of drug-likeness (QED) is 0.906. The van der Waals surface area contributed by atoms with Crippen LogP contribution in [-0.2, 0) is 10.5 Å². The second kappa shape index (κ2) is 7.14. The van der Waals surface area contributed by atoms with Gasteiger partial charge in [-0.15, -0.1) is 11.8 Å². The Kier molecular flexibility index (Phi) is 5.49. The fourth-order valence-corrected chi connectivity index (χ4v) is 3.60. The summed E-state index contributed by atoms with van der Waals surface area (Å²) < 4.78 is 0. The molecule has 0 radical (unpaired) electrons. The molecular weight excluding hydrogens is 270 g/mol. The third-order valence-electron chi connectivity index (χ3n) is 3.97. The number of benzene rings is 1. The maximum atomic E-state index is 12.2. The number of aliphatic hydroxyl groups excluding tert-OH is 1. The smallest absolute Gasteiger partial charge is 0.232 e. The first kappa shape index (κ1) is 15.4. The van der Waals surface area contributed by atoms with Gasteiger partial charge < -0.3 is 10.0 Å². The minimum atomic E-state index is 0.0158. The van der Waals surface area contributed by atoms with E-state index in [1.165, 1.54) is 11.1 Å². The van der Waals surface area contributed by atoms with Gasteiger partial charge in [0.1, 0.15) is 0 Å². The van der Waals surface area contributed by atoms with Crippen molar-refractivity contribution in [2.24, 2.45) is 5.92 Å². The van der Waals surface area contributed by atoms with Crippen LogP contribution in [0.3, 0.4) is 0 Å². The second-order valence-corrected chi connectivity index (χ2v) is 6.57. The molecule has 2 atom stereocenters. The highest BCUT2D eigenvalue weighted by molar-refractivity contribution is 7.99. The summed E-state index contributed by atoms with van der Waals surface area (Å²) >= 11 is 1.65. The summed E-state index contributed by atoms with van der Waals surface area (Å²) in [5.41, 5.74) is 2.51. The van der Waals surface area contributed by atoms with Gasteiger partial charge in [-0.2, -0.15) is 0 Å². The van der Waals surface area contributed by atoms with Gasteiger partial charge in [0.25, 0.3) is 0 Å². The Bertz CT molecular complexity index is 464. The van der Waals surface area contributed by atoms with E-state index >= 15 is 0 Å². The molecule has 0 saturated carbocycles. The first-order valence-electron chi connectivity index (χ1n) is 7.15. The highest BCUT2D eigenvalue weighted by Gasteiger charge is 2.33. The summed E-state index contributed by atoms with van der Waals surface area (Å²) in [7, 11) is 0. The third-order valence-corrected chi connectivity index (χ3v) is 4.96. The van der Waals surface area contributed by atoms with Crippen LogP contribution < -0.4 is 0 Å². The van der Waals surface area contributed by atoms with Crippen LogP contribution in [0, 0.1) is 12.8 Å². The maximum absolute atomic E-state index is 12.2. The first-order chi connectivity index (χ1) is 9.61. The number of likely N-dealkylation sites (tertiary alicyclic amines) is 1. The van der Waals surface area contributed by atoms with Crippen LogP contribution in [0.5, 0.6) is 0 Å². The standard InChI is InChI=1S/C16H23NO2S/c1-12-4-3-5-14(8-12)10-20-11-16(19)17-7-6-13(2)15(17)9-18/h3-5,8,13,15,18H,6-7,9-11H2,1-2H3. The molecule has 20 heavy (non-hydrogen) atoms. The molecule has 0 aromatic heterocycles. The molecule has 1 amide bonds. The van der Waals surface area contributed by atoms with E-state index in [-0.39, 0.29) is 18.6 Å². The van der Waals surface area contributed by atoms with Gasteiger partial charge in [0.15, 0.2) is 0 Å². The average molecular weight is 293 g/mol. The maximum Gasteiger partial charge on any atom is 0.232 e. The molecule has 1 N–H and O–H groups in total. The topological polar surface area (TPSA) is 40.5 Å². The zero-order chi connectivity index (χ0) is 14.5. The minimum absolute atomic E-state index is 0.0158. The number of hydrogen-bond donors (Lipinski definition) is 1. The van der Waals surface area contributed by atoms with Crippen LogP contribution in [0.4, 0.5) is 0 Å². The number of hydrogen-bond acceptors (Lipinski definition) is 3. The number of aliphatic hydroxyl groups is 1. The van der Waals surface area contributed by atoms with Gasteiger partial charge in [-0.25, -0.2) is 0 Å². The molecule has 0 spiro atoms. The van der Waals surface area contributed by atoms with E-state index in [1.54, 1.807) is 11.8 Å². The van der Waals surface area contributed by atoms with Crippen molar-refractivity contribution in [1.82, 2.24) is 4.90 Å². The van der Waals surface area contributed by atoms with Crippen LogP contribution >= 0.6 is 11.8 Å². The Labute approximate surface area is 125 Å². The fraction of sp³-hybridized carbons (Fsp3) is 0.562. The third kappa shape index (κ3) is 3.76. The molecule has 1 aromatic carbocycles. The van der Waals surface area contributed by atoms with E-state index in [9.17, 15) is 9.90 Å². The van der Waals surface area contributed by atoms with E-state index in [1.807, 2.05) is 4.90 Å². The molecule has 0 bridgehead atoms. The van der Waals surface area contributed by atoms with Gasteiger partial charge in [-0.1, -0.05) is 36.8 Å². The highest BCUT2D eigenvalue weighted by Crippen LogP contribution is 2.24. The van der Waals surface area contributed by atoms with Crippen molar-refractivity contribution < 1.29 is 9.90 Å². The summed E-state index contributed by atoms with van der Waals surface area (Å²) in [4.78, 5) is 14.1. The molecular formula is C16H23NO2S. The molecule has 1 saturated heterocycles. The number of carbonyl (C=O) groups is 1. The fourth-order valence-electron chi connectivity index (χ4n) is 2.74. The Morgan fingerprint density at radius 1 is 1.50 bits per heavy atom. The second-order valence-electron chi connectivity index (χ2n) is 5.58. The van der Waals surface area contributed by atoms with Crippen molar-refractivity contribution in [2.45, 2.75) is 32.1 Å². The predicted octanol–water partition coefficient (Wildman–Crippen LogP) is 2.46. The SMILES string of the molecule is Cc1cccc(CSCC(=O)N2CCC(C)C2CO)c1. The van der Waals surface area contributed by atoms with Crippen molar-refractivity contribution in [3.8, 4) is 0 Å². The number of nitrogens with zero attached hydrogens (tertiary/aromatic N) is 1. The minimum Gasteiger partial charge on any atom is -0.394 e. The summed E-state index contributed by atoms with van der Waals surface area (Å²) in [6.07, 6.45) is 1.000. The van der Waals surface area contributed by atoms with Crippen LogP contribution in [0.2, 0.25) is 0 Å². The van der Waals surface area contributed by atoms with E-state index < -0.39 is 0 Å². The van der Waals surface area contributed by atoms with Crippen LogP contribution in [0.1, 0.15) is 24.5 Å². The van der Waals surface area contributed by atoms with Gasteiger partial charge in [0, 0.05) is 12.3 Å². The largest absolute Gasteiger partial charge is 0.394 e. The number of rotatable bonds is 5. The number of thioether (sulfide) groups is 1. The van der Waals surface area contributed by atoms with E-state index in [0.717, 1.165) is 18.7 Å². The van der Waals surface area contributed by atoms with Crippen LogP contribution in [0.15, 0.2) is 24.3 Å². The first-order valence-corrected chi connectivity index (χ1v) is 8.31. The van der Waals surface area contributed by atoms with Crippen LogP contribution in [0.25, 0.3) is 0 Å². The molecule has 1 fully saturated rings. The number of amides is 1. The van der Waals surface area contributed by atoms with Crippen molar-refractivity contribution in [2.75, 3.05) is 18.9 Å². The molecule has 0 aliphatic carbocycles. The van der Waals surface area contributed by atoms with Crippen molar-refractivity contribution >= 4 is 17.7 Å². The van der Waals surface area contributed by atoms with Crippen molar-refractivity contribution in [1.29, 1.82) is 0 Å². The van der Waals surface area contributed by atoms with Gasteiger partial charge in [0.2, 0.25) is 5.91 Å². The molecule has 1 heterocycles. The summed E-state index contributed by atoms with van der Waals surface area (Å²) in [6.45, 7) is 5.05. The Morgan fingerprint density at radius 2 is 2.30 bits per heavy atom. The van der Waals surface area contributed by atoms with Gasteiger partial charge in [-0.05, 0) is 24.8 Å². The molecule has 1 aromatic rings. The van der Waals surface area contributed by atoms with Crippen LogP contribution in [-0.4, -0.2) is 40.9 Å². The molecule has 4 heteroatoms. The average Bonchev–Trinajstić information content (AvgIpc) is 2.80. The lowest BCUT2D eigenvalue weighted by Crippen LogP contribution is -2.40. The van der Waals surface area contributed by atoms with E-state index in [4.69, 9.17) is 0 Å². The van der Waals surface area contributed by atoms with E-state index in [2.05, 4.69) is 38.1 Å². The zero-order valence-corrected chi connectivity index (χ0v) is 13.0. The normalized spacial score (nSPS) is 22.2. The van der Waals surface area contributed by atoms with Crippen molar-refractivity contribution in [3.63, 3.8) is 0 Å². The lowest BCUT2D eigenvalue weighted by molar-refractivity contribution is -0.130. The van der Waals surface area contributed by atoms with Gasteiger partial charge >= 0.3 is 0 Å². The molecule has 1 aliphatic heterocycles. The zero-order valence-electron chi connectivity index (χ0n) is 12.2. The van der Waals surface area contributed by atoms with E-state index in [0.29, 0.717) is 11.7 Å². The van der Waals surface area contributed by atoms with Crippen molar-refractivity contribution in [3.05, 3.63) is 35.4 Å². The molecule has 110 valence electrons. The number of carbonyl (C=O) groups excluding carboxylic acids is 1. The Balaban J connectivity index is 1.81. The summed E-state index contributed by atoms with van der Waals surface area (Å²) in [5, 5.41) is 9.39. The van der Waals surface area contributed by atoms with Gasteiger partial charge in [-0.3, -0.25) is 4.79 Å². The highest BCUT2D eigenvalue weighted by atomic mass is 32.2. The summed E-state index contributed by atoms with van der Waals surface area (Å²) in [5.74, 6) is 1.93. The molecule has 2 rings (SSSR count). The molecule has 2 unspecified atom stereocenters. The Hall–Kier alpha value is -1.00. The predicted molar refractivity (Wildman–Crippen MR) is 83.7 cm³/mol. The molecule has 1 aliphatic rings. The summed E-state index contributed by atoms with van der Waals surface area (Å²) in [6, 6.07) is 8.40. The monoisotopic (exact) mass is 293 g/mol. The Morgan fingerprint density at radius 3 is 3.00 bits per heavy atom. The molecule has 3 nitrogen and oxygen atoms in total. The lowest BCUT2D eigenvalue weighted by Gasteiger charge is -2.25. The number of aryl methyl sites for hydroxylation is 1. The van der Waals surface area contributed by atoms with Gasteiger partial charge in [0.05, 0.1) is 18.4 Å².